The van der Waals surface area contributed by atoms with Crippen LogP contribution in [0.1, 0.15) is 16.2 Å². The first-order chi connectivity index (χ1) is 15.0. The van der Waals surface area contributed by atoms with E-state index in [-0.39, 0.29) is 12.4 Å². The molecule has 0 saturated heterocycles. The summed E-state index contributed by atoms with van der Waals surface area (Å²) in [4.78, 5) is 24.0. The molecule has 3 rings (SSSR count). The fraction of sp³-hybridized carbons (Fsp3) is 0.158. The Hall–Kier alpha value is -3.44. The maximum Gasteiger partial charge on any atom is 0.269 e. The van der Waals surface area contributed by atoms with Gasteiger partial charge < -0.3 is 15.3 Å². The molecule has 0 bridgehead atoms. The normalized spacial score (nSPS) is 10.4. The number of hydrogen-bond acceptors (Lipinski definition) is 8. The van der Waals surface area contributed by atoms with Gasteiger partial charge in [0, 0.05) is 16.7 Å². The first kappa shape index (κ1) is 22.2. The quantitative estimate of drug-likeness (QED) is 0.262. The van der Waals surface area contributed by atoms with Crippen molar-refractivity contribution in [1.82, 2.24) is 25.7 Å². The summed E-state index contributed by atoms with van der Waals surface area (Å²) >= 11 is 6.84. The highest BCUT2D eigenvalue weighted by molar-refractivity contribution is 7.99. The lowest BCUT2D eigenvalue weighted by Crippen LogP contribution is -2.42. The fourth-order valence-corrected chi connectivity index (χ4v) is 3.11. The fourth-order valence-electron chi connectivity index (χ4n) is 2.31. The molecule has 1 aromatic heterocycles. The molecule has 0 spiro atoms. The summed E-state index contributed by atoms with van der Waals surface area (Å²) in [5.74, 6) is 6.67. The van der Waals surface area contributed by atoms with E-state index >= 15 is 0 Å². The Kier molecular flexibility index (Phi) is 7.57. The largest absolute Gasteiger partial charge is 0.497 e. The van der Waals surface area contributed by atoms with Crippen LogP contribution in [-0.2, 0) is 11.4 Å². The second-order valence-electron chi connectivity index (χ2n) is 6.03. The zero-order valence-electron chi connectivity index (χ0n) is 16.4. The molecule has 3 aromatic rings. The van der Waals surface area contributed by atoms with E-state index in [0.717, 1.165) is 11.8 Å². The maximum atomic E-state index is 12.0. The number of carbonyl (C=O) groups is 2. The van der Waals surface area contributed by atoms with Gasteiger partial charge in [-0.2, -0.15) is 0 Å². The highest BCUT2D eigenvalue weighted by Crippen LogP contribution is 2.20. The van der Waals surface area contributed by atoms with E-state index in [4.69, 9.17) is 26.9 Å². The minimum Gasteiger partial charge on any atom is -0.497 e. The predicted molar refractivity (Wildman–Crippen MR) is 115 cm³/mol. The van der Waals surface area contributed by atoms with Gasteiger partial charge in [-0.1, -0.05) is 29.4 Å². The van der Waals surface area contributed by atoms with Gasteiger partial charge in [-0.05, 0) is 36.4 Å². The molecule has 0 atom stereocenters. The summed E-state index contributed by atoms with van der Waals surface area (Å²) in [5, 5.41) is 8.76. The number of aromatic nitrogens is 3. The van der Waals surface area contributed by atoms with Crippen LogP contribution < -0.4 is 26.2 Å². The molecule has 2 aromatic carbocycles. The van der Waals surface area contributed by atoms with Gasteiger partial charge in [-0.15, -0.1) is 10.2 Å². The zero-order valence-corrected chi connectivity index (χ0v) is 17.9. The molecule has 0 fully saturated rings. The molecule has 0 radical (unpaired) electrons. The Morgan fingerprint density at radius 3 is 2.61 bits per heavy atom. The monoisotopic (exact) mass is 462 g/mol. The molecular formula is C19H19ClN6O4S. The van der Waals surface area contributed by atoms with Crippen molar-refractivity contribution >= 4 is 35.2 Å². The van der Waals surface area contributed by atoms with Gasteiger partial charge in [0.1, 0.15) is 18.1 Å². The summed E-state index contributed by atoms with van der Waals surface area (Å²) < 4.78 is 12.0. The van der Waals surface area contributed by atoms with Crippen LogP contribution in [-0.4, -0.2) is 39.6 Å². The van der Waals surface area contributed by atoms with Gasteiger partial charge in [-0.3, -0.25) is 20.4 Å². The number of hydrazine groups is 1. The molecule has 0 aliphatic heterocycles. The van der Waals surface area contributed by atoms with Gasteiger partial charge in [-0.25, -0.2) is 4.68 Å². The van der Waals surface area contributed by atoms with E-state index in [2.05, 4.69) is 21.0 Å². The minimum atomic E-state index is -0.464. The summed E-state index contributed by atoms with van der Waals surface area (Å²) in [6.07, 6.45) is 0. The topological polar surface area (TPSA) is 133 Å². The highest BCUT2D eigenvalue weighted by atomic mass is 35.5. The minimum absolute atomic E-state index is 0.0347. The van der Waals surface area contributed by atoms with Crippen molar-refractivity contribution in [2.24, 2.45) is 0 Å². The summed E-state index contributed by atoms with van der Waals surface area (Å²) in [6.45, 7) is 0.0839. The second-order valence-corrected chi connectivity index (χ2v) is 7.41. The number of thioether (sulfide) groups is 1. The van der Waals surface area contributed by atoms with Crippen molar-refractivity contribution in [3.05, 3.63) is 64.9 Å². The van der Waals surface area contributed by atoms with Crippen molar-refractivity contribution in [2.45, 2.75) is 11.8 Å². The second kappa shape index (κ2) is 10.5. The van der Waals surface area contributed by atoms with Crippen LogP contribution in [0.2, 0.25) is 5.02 Å². The molecule has 2 amide bonds. The zero-order chi connectivity index (χ0) is 22.2. The SMILES string of the molecule is COc1cccc(OCc2nnc(SCC(=O)NNC(=O)c3ccc(Cl)cc3)n2N)c1. The highest BCUT2D eigenvalue weighted by Gasteiger charge is 2.14. The van der Waals surface area contributed by atoms with Crippen molar-refractivity contribution in [1.29, 1.82) is 0 Å². The number of benzene rings is 2. The Balaban J connectivity index is 1.46. The van der Waals surface area contributed by atoms with Gasteiger partial charge in [0.25, 0.3) is 5.91 Å². The lowest BCUT2D eigenvalue weighted by Gasteiger charge is -2.08. The van der Waals surface area contributed by atoms with E-state index in [9.17, 15) is 9.59 Å². The standard InChI is InChI=1S/C19H19ClN6O4S/c1-29-14-3-2-4-15(9-14)30-10-16-22-25-19(26(16)21)31-11-17(27)23-24-18(28)12-5-7-13(20)8-6-12/h2-9H,10-11,21H2,1H3,(H,23,27)(H,24,28). The van der Waals surface area contributed by atoms with Crippen LogP contribution >= 0.6 is 23.4 Å². The number of halogens is 1. The number of nitrogen functional groups attached to an aromatic ring is 1. The number of nitrogens with one attached hydrogen (secondary N) is 2. The number of hydrogen-bond donors (Lipinski definition) is 3. The summed E-state index contributed by atoms with van der Waals surface area (Å²) in [7, 11) is 1.57. The lowest BCUT2D eigenvalue weighted by molar-refractivity contribution is -0.119. The molecule has 31 heavy (non-hydrogen) atoms. The molecule has 0 saturated carbocycles. The van der Waals surface area contributed by atoms with Crippen LogP contribution in [0, 0.1) is 0 Å². The molecular weight excluding hydrogens is 444 g/mol. The molecule has 0 unspecified atom stereocenters. The number of nitrogens with zero attached hydrogens (tertiary/aromatic N) is 3. The average Bonchev–Trinajstić information content (AvgIpc) is 3.14. The van der Waals surface area contributed by atoms with Gasteiger partial charge >= 0.3 is 0 Å². The van der Waals surface area contributed by atoms with E-state index in [1.54, 1.807) is 55.6 Å². The van der Waals surface area contributed by atoms with Crippen molar-refractivity contribution in [2.75, 3.05) is 18.7 Å². The van der Waals surface area contributed by atoms with Crippen LogP contribution in [0.15, 0.2) is 53.7 Å². The first-order valence-electron chi connectivity index (χ1n) is 8.90. The van der Waals surface area contributed by atoms with Crippen LogP contribution in [0.4, 0.5) is 0 Å². The first-order valence-corrected chi connectivity index (χ1v) is 10.3. The van der Waals surface area contributed by atoms with Crippen LogP contribution in [0.5, 0.6) is 11.5 Å². The third kappa shape index (κ3) is 6.27. The van der Waals surface area contributed by atoms with Gasteiger partial charge in [0.15, 0.2) is 5.82 Å². The van der Waals surface area contributed by atoms with Crippen molar-refractivity contribution in [3.63, 3.8) is 0 Å². The molecule has 10 nitrogen and oxygen atoms in total. The Labute approximate surface area is 187 Å². The molecule has 0 aliphatic rings. The van der Waals surface area contributed by atoms with Crippen LogP contribution in [0.25, 0.3) is 0 Å². The maximum absolute atomic E-state index is 12.0. The predicted octanol–water partition coefficient (Wildman–Crippen LogP) is 1.79. The lowest BCUT2D eigenvalue weighted by atomic mass is 10.2. The van der Waals surface area contributed by atoms with E-state index < -0.39 is 11.8 Å². The van der Waals surface area contributed by atoms with Crippen LogP contribution in [0.3, 0.4) is 0 Å². The summed E-state index contributed by atoms with van der Waals surface area (Å²) in [6, 6.07) is 13.4. The Morgan fingerprint density at radius 2 is 1.87 bits per heavy atom. The molecule has 162 valence electrons. The molecule has 0 aliphatic carbocycles. The Bertz CT molecular complexity index is 1060. The molecule has 1 heterocycles. The van der Waals surface area contributed by atoms with Gasteiger partial charge in [0.05, 0.1) is 12.9 Å². The average molecular weight is 463 g/mol. The number of ether oxygens (including phenoxy) is 2. The number of carbonyl (C=O) groups excluding carboxylic acids is 2. The summed E-state index contributed by atoms with van der Waals surface area (Å²) in [5.41, 5.74) is 5.01. The van der Waals surface area contributed by atoms with Crippen molar-refractivity contribution in [3.8, 4) is 11.5 Å². The van der Waals surface area contributed by atoms with E-state index in [0.29, 0.717) is 33.1 Å². The van der Waals surface area contributed by atoms with E-state index in [1.165, 1.54) is 4.68 Å². The Morgan fingerprint density at radius 1 is 1.13 bits per heavy atom. The third-order valence-electron chi connectivity index (χ3n) is 3.90. The smallest absolute Gasteiger partial charge is 0.269 e. The van der Waals surface area contributed by atoms with Gasteiger partial charge in [0.2, 0.25) is 11.1 Å². The number of amides is 2. The van der Waals surface area contributed by atoms with E-state index in [1.807, 2.05) is 0 Å². The molecule has 12 heteroatoms. The third-order valence-corrected chi connectivity index (χ3v) is 5.09. The number of nitrogens with two attached hydrogens (primary N) is 1. The van der Waals surface area contributed by atoms with Crippen molar-refractivity contribution < 1.29 is 19.1 Å². The number of methoxy groups -OCH3 is 1. The molecule has 4 N–H and O–H groups in total. The number of rotatable bonds is 8.